The number of aromatic nitrogens is 3. The van der Waals surface area contributed by atoms with E-state index in [1.807, 2.05) is 6.92 Å². The number of nitrogens with one attached hydrogen (secondary N) is 3. The molecule has 3 N–H and O–H groups in total. The van der Waals surface area contributed by atoms with Crippen LogP contribution in [0.1, 0.15) is 26.1 Å². The topological polar surface area (TPSA) is 101 Å². The normalized spacial score (nSPS) is 11.7. The molecule has 0 aliphatic carbocycles. The molecule has 2 amide bonds. The minimum atomic E-state index is -0.882. The molecule has 0 saturated heterocycles. The highest BCUT2D eigenvalue weighted by molar-refractivity contribution is 7.71. The molecule has 2 aromatic rings. The number of aryl methyl sites for hydroxylation is 1. The number of carbonyl (C=O) groups excluding carboxylic acids is 2. The maximum absolute atomic E-state index is 12.9. The lowest BCUT2D eigenvalue weighted by Crippen LogP contribution is -2.48. The fourth-order valence-electron chi connectivity index (χ4n) is 2.11. The Bertz CT molecular complexity index is 818. The zero-order valence-electron chi connectivity index (χ0n) is 14.4. The Morgan fingerprint density at radius 3 is 2.69 bits per heavy atom. The van der Waals surface area contributed by atoms with Crippen LogP contribution in [-0.2, 0) is 22.6 Å². The molecular formula is C16H20FN5O3S. The molecule has 0 bridgehead atoms. The van der Waals surface area contributed by atoms with Gasteiger partial charge in [-0.1, -0.05) is 6.92 Å². The summed E-state index contributed by atoms with van der Waals surface area (Å²) in [7, 11) is 0. The molecule has 0 aliphatic heterocycles. The molecule has 0 spiro atoms. The summed E-state index contributed by atoms with van der Waals surface area (Å²) in [6.45, 7) is 3.43. The third kappa shape index (κ3) is 5.38. The van der Waals surface area contributed by atoms with E-state index in [0.29, 0.717) is 22.8 Å². The van der Waals surface area contributed by atoms with Gasteiger partial charge in [0.15, 0.2) is 10.9 Å². The molecule has 0 fully saturated rings. The molecule has 8 nitrogen and oxygen atoms in total. The van der Waals surface area contributed by atoms with Gasteiger partial charge in [-0.05, 0) is 49.8 Å². The summed E-state index contributed by atoms with van der Waals surface area (Å²) in [6.07, 6.45) is 0.651. The van der Waals surface area contributed by atoms with Crippen LogP contribution in [0.2, 0.25) is 0 Å². The SMILES string of the molecule is CCCc1n[nH]c(=S)n1CC(=O)NNC(=O)C(C)Oc1ccc(F)cc1. The summed E-state index contributed by atoms with van der Waals surface area (Å²) in [5.41, 5.74) is 4.59. The van der Waals surface area contributed by atoms with Gasteiger partial charge in [-0.3, -0.25) is 30.1 Å². The van der Waals surface area contributed by atoms with E-state index in [2.05, 4.69) is 21.0 Å². The van der Waals surface area contributed by atoms with Crippen molar-refractivity contribution in [2.75, 3.05) is 0 Å². The van der Waals surface area contributed by atoms with Crippen molar-refractivity contribution in [3.63, 3.8) is 0 Å². The molecule has 140 valence electrons. The van der Waals surface area contributed by atoms with E-state index in [9.17, 15) is 14.0 Å². The van der Waals surface area contributed by atoms with Gasteiger partial charge >= 0.3 is 0 Å². The van der Waals surface area contributed by atoms with Crippen LogP contribution in [0.3, 0.4) is 0 Å². The molecule has 10 heteroatoms. The average Bonchev–Trinajstić information content (AvgIpc) is 2.95. The molecule has 0 saturated carbocycles. The molecule has 2 rings (SSSR count). The monoisotopic (exact) mass is 381 g/mol. The van der Waals surface area contributed by atoms with Crippen molar-refractivity contribution in [3.05, 3.63) is 40.7 Å². The van der Waals surface area contributed by atoms with Crippen LogP contribution in [0.15, 0.2) is 24.3 Å². The standard InChI is InChI=1S/C16H20FN5O3S/c1-3-4-13-18-21-16(26)22(13)9-14(23)19-20-15(24)10(2)25-12-7-5-11(17)6-8-12/h5-8,10H,3-4,9H2,1-2H3,(H,19,23)(H,20,24)(H,21,26). The second-order valence-electron chi connectivity index (χ2n) is 5.53. The highest BCUT2D eigenvalue weighted by Crippen LogP contribution is 2.12. The van der Waals surface area contributed by atoms with Crippen molar-refractivity contribution in [1.29, 1.82) is 0 Å². The summed E-state index contributed by atoms with van der Waals surface area (Å²) < 4.78 is 20.1. The van der Waals surface area contributed by atoms with Crippen molar-refractivity contribution >= 4 is 24.0 Å². The number of hydrogen-bond acceptors (Lipinski definition) is 5. The third-order valence-corrected chi connectivity index (χ3v) is 3.75. The summed E-state index contributed by atoms with van der Waals surface area (Å²) in [4.78, 5) is 24.0. The lowest BCUT2D eigenvalue weighted by molar-refractivity contribution is -0.133. The number of ether oxygens (including phenoxy) is 1. The lowest BCUT2D eigenvalue weighted by Gasteiger charge is -2.15. The van der Waals surface area contributed by atoms with Crippen LogP contribution in [0, 0.1) is 10.6 Å². The highest BCUT2D eigenvalue weighted by Gasteiger charge is 2.16. The van der Waals surface area contributed by atoms with Crippen molar-refractivity contribution < 1.29 is 18.7 Å². The largest absolute Gasteiger partial charge is 0.481 e. The molecule has 26 heavy (non-hydrogen) atoms. The molecule has 1 heterocycles. The first-order valence-electron chi connectivity index (χ1n) is 8.05. The second kappa shape index (κ2) is 9.09. The predicted molar refractivity (Wildman–Crippen MR) is 94.2 cm³/mol. The summed E-state index contributed by atoms with van der Waals surface area (Å²) in [5.74, 6) is -0.391. The number of hydrazine groups is 1. The molecule has 1 aromatic carbocycles. The quantitative estimate of drug-likeness (QED) is 0.500. The number of carbonyl (C=O) groups is 2. The number of benzene rings is 1. The fourth-order valence-corrected chi connectivity index (χ4v) is 2.33. The van der Waals surface area contributed by atoms with Gasteiger partial charge in [-0.25, -0.2) is 4.39 Å². The maximum Gasteiger partial charge on any atom is 0.279 e. The van der Waals surface area contributed by atoms with Gasteiger partial charge in [0.1, 0.15) is 23.9 Å². The summed E-state index contributed by atoms with van der Waals surface area (Å²) >= 11 is 5.10. The van der Waals surface area contributed by atoms with Crippen LogP contribution in [0.4, 0.5) is 4.39 Å². The number of aromatic amines is 1. The van der Waals surface area contributed by atoms with E-state index in [0.717, 1.165) is 6.42 Å². The van der Waals surface area contributed by atoms with Gasteiger partial charge in [0.05, 0.1) is 0 Å². The Balaban J connectivity index is 1.84. The number of nitrogens with zero attached hydrogens (tertiary/aromatic N) is 2. The van der Waals surface area contributed by atoms with Gasteiger partial charge < -0.3 is 4.74 Å². The van der Waals surface area contributed by atoms with Crippen molar-refractivity contribution in [1.82, 2.24) is 25.6 Å². The van der Waals surface area contributed by atoms with Crippen LogP contribution < -0.4 is 15.6 Å². The van der Waals surface area contributed by atoms with Crippen LogP contribution in [0.25, 0.3) is 0 Å². The van der Waals surface area contributed by atoms with Gasteiger partial charge in [-0.15, -0.1) is 0 Å². The average molecular weight is 381 g/mol. The van der Waals surface area contributed by atoms with E-state index in [4.69, 9.17) is 17.0 Å². The van der Waals surface area contributed by atoms with Crippen LogP contribution >= 0.6 is 12.2 Å². The first kappa shape index (κ1) is 19.6. The maximum atomic E-state index is 12.9. The Morgan fingerprint density at radius 1 is 1.35 bits per heavy atom. The van der Waals surface area contributed by atoms with Crippen molar-refractivity contribution in [2.45, 2.75) is 39.3 Å². The van der Waals surface area contributed by atoms with E-state index in [1.165, 1.54) is 31.2 Å². The molecule has 1 atom stereocenters. The van der Waals surface area contributed by atoms with Gasteiger partial charge in [0.2, 0.25) is 0 Å². The minimum Gasteiger partial charge on any atom is -0.481 e. The van der Waals surface area contributed by atoms with E-state index < -0.39 is 23.7 Å². The fraction of sp³-hybridized carbons (Fsp3) is 0.375. The number of rotatable bonds is 7. The Morgan fingerprint density at radius 2 is 2.04 bits per heavy atom. The first-order chi connectivity index (χ1) is 12.4. The molecule has 1 unspecified atom stereocenters. The van der Waals surface area contributed by atoms with E-state index in [1.54, 1.807) is 4.57 Å². The Kier molecular flexibility index (Phi) is 6.84. The number of halogens is 1. The van der Waals surface area contributed by atoms with Gasteiger partial charge in [0, 0.05) is 6.42 Å². The Hall–Kier alpha value is -2.75. The summed E-state index contributed by atoms with van der Waals surface area (Å²) in [5, 5.41) is 6.71. The van der Waals surface area contributed by atoms with Gasteiger partial charge in [-0.2, -0.15) is 5.10 Å². The Labute approximate surface area is 154 Å². The van der Waals surface area contributed by atoms with E-state index >= 15 is 0 Å². The highest BCUT2D eigenvalue weighted by atomic mass is 32.1. The first-order valence-corrected chi connectivity index (χ1v) is 8.46. The summed E-state index contributed by atoms with van der Waals surface area (Å²) in [6, 6.07) is 5.27. The minimum absolute atomic E-state index is 0.0713. The molecule has 1 aromatic heterocycles. The van der Waals surface area contributed by atoms with Gasteiger partial charge in [0.25, 0.3) is 11.8 Å². The number of H-pyrrole nitrogens is 1. The van der Waals surface area contributed by atoms with Crippen molar-refractivity contribution in [2.24, 2.45) is 0 Å². The lowest BCUT2D eigenvalue weighted by atomic mass is 10.3. The second-order valence-corrected chi connectivity index (χ2v) is 5.92. The molecule has 0 aliphatic rings. The number of hydrogen-bond donors (Lipinski definition) is 3. The van der Waals surface area contributed by atoms with Crippen LogP contribution in [-0.4, -0.2) is 32.7 Å². The van der Waals surface area contributed by atoms with Crippen molar-refractivity contribution in [3.8, 4) is 5.75 Å². The zero-order chi connectivity index (χ0) is 19.1. The number of amides is 2. The van der Waals surface area contributed by atoms with Crippen LogP contribution in [0.5, 0.6) is 5.75 Å². The smallest absolute Gasteiger partial charge is 0.279 e. The predicted octanol–water partition coefficient (Wildman–Crippen LogP) is 1.65. The molecule has 0 radical (unpaired) electrons. The molecular weight excluding hydrogens is 361 g/mol. The van der Waals surface area contributed by atoms with E-state index in [-0.39, 0.29) is 6.54 Å². The third-order valence-electron chi connectivity index (χ3n) is 3.43. The zero-order valence-corrected chi connectivity index (χ0v) is 15.2.